The minimum absolute atomic E-state index is 0.136. The Bertz CT molecular complexity index is 1480. The summed E-state index contributed by atoms with van der Waals surface area (Å²) in [7, 11) is -2.98. The predicted molar refractivity (Wildman–Crippen MR) is 150 cm³/mol. The predicted octanol–water partition coefficient (Wildman–Crippen LogP) is 6.79. The lowest BCUT2D eigenvalue weighted by molar-refractivity contribution is 0.0951. The molecule has 5 nitrogen and oxygen atoms in total. The van der Waals surface area contributed by atoms with E-state index in [1.165, 1.54) is 16.8 Å². The van der Waals surface area contributed by atoms with Gasteiger partial charge in [-0.05, 0) is 86.7 Å². The van der Waals surface area contributed by atoms with Gasteiger partial charge < -0.3 is 9.88 Å². The number of carbonyl (C=O) groups excluding carboxylic acids is 1. The summed E-state index contributed by atoms with van der Waals surface area (Å²) in [4.78, 5) is 13.4. The Labute approximate surface area is 220 Å². The first-order chi connectivity index (χ1) is 17.7. The van der Waals surface area contributed by atoms with Gasteiger partial charge in [0.1, 0.15) is 0 Å². The SMILES string of the molecule is Cc1ccccc1Cc1cc2cc(C(=O)NCc3ccc([S+](=O)(O)CC4CC4)cc3)ccc2n1C(C)C. The van der Waals surface area contributed by atoms with Crippen molar-refractivity contribution in [3.63, 3.8) is 0 Å². The van der Waals surface area contributed by atoms with Crippen molar-refractivity contribution in [1.82, 2.24) is 9.88 Å². The van der Waals surface area contributed by atoms with Crippen molar-refractivity contribution in [2.45, 2.75) is 57.5 Å². The average Bonchev–Trinajstić information content (AvgIpc) is 3.60. The molecule has 0 bridgehead atoms. The van der Waals surface area contributed by atoms with Crippen molar-refractivity contribution in [2.75, 3.05) is 5.75 Å². The van der Waals surface area contributed by atoms with Gasteiger partial charge in [-0.25, -0.2) is 0 Å². The summed E-state index contributed by atoms with van der Waals surface area (Å²) in [5, 5.41) is 4.05. The summed E-state index contributed by atoms with van der Waals surface area (Å²) in [6, 6.07) is 23.9. The van der Waals surface area contributed by atoms with Gasteiger partial charge in [0, 0.05) is 47.1 Å². The second kappa shape index (κ2) is 10.3. The van der Waals surface area contributed by atoms with Crippen LogP contribution < -0.4 is 5.32 Å². The Morgan fingerprint density at radius 3 is 2.46 bits per heavy atom. The van der Waals surface area contributed by atoms with Crippen LogP contribution in [0.15, 0.2) is 77.7 Å². The molecule has 6 heteroatoms. The lowest BCUT2D eigenvalue weighted by Crippen LogP contribution is -2.23. The number of benzene rings is 3. The van der Waals surface area contributed by atoms with Crippen molar-refractivity contribution >= 4 is 27.0 Å². The zero-order chi connectivity index (χ0) is 26.2. The van der Waals surface area contributed by atoms with Crippen molar-refractivity contribution < 1.29 is 13.6 Å². The van der Waals surface area contributed by atoms with Gasteiger partial charge in [-0.1, -0.05) is 40.6 Å². The van der Waals surface area contributed by atoms with Crippen LogP contribution in [-0.4, -0.2) is 20.8 Å². The molecular weight excluding hydrogens is 480 g/mol. The molecule has 1 unspecified atom stereocenters. The molecule has 1 aromatic heterocycles. The van der Waals surface area contributed by atoms with E-state index >= 15 is 0 Å². The molecule has 1 atom stereocenters. The number of hydrogen-bond donors (Lipinski definition) is 2. The normalized spacial score (nSPS) is 15.2. The molecule has 1 aliphatic carbocycles. The highest BCUT2D eigenvalue weighted by Crippen LogP contribution is 2.34. The third-order valence-electron chi connectivity index (χ3n) is 7.23. The summed E-state index contributed by atoms with van der Waals surface area (Å²) in [6.45, 7) is 6.88. The number of aryl methyl sites for hydroxylation is 1. The van der Waals surface area contributed by atoms with E-state index in [4.69, 9.17) is 0 Å². The molecule has 0 radical (unpaired) electrons. The minimum Gasteiger partial charge on any atom is -0.348 e. The summed E-state index contributed by atoms with van der Waals surface area (Å²) < 4.78 is 25.3. The number of carbonyl (C=O) groups is 1. The van der Waals surface area contributed by atoms with E-state index in [2.05, 4.69) is 61.0 Å². The van der Waals surface area contributed by atoms with E-state index in [0.29, 0.717) is 34.7 Å². The van der Waals surface area contributed by atoms with Gasteiger partial charge in [0.05, 0.1) is 0 Å². The van der Waals surface area contributed by atoms with Crippen LogP contribution in [0.4, 0.5) is 0 Å². The fourth-order valence-electron chi connectivity index (χ4n) is 4.99. The maximum absolute atomic E-state index is 13.0. The molecular formula is C31H35N2O3S+. The molecule has 0 aliphatic heterocycles. The zero-order valence-electron chi connectivity index (χ0n) is 21.7. The van der Waals surface area contributed by atoms with E-state index < -0.39 is 10.2 Å². The largest absolute Gasteiger partial charge is 0.348 e. The van der Waals surface area contributed by atoms with Crippen LogP contribution in [0, 0.1) is 12.8 Å². The van der Waals surface area contributed by atoms with Crippen LogP contribution in [0.25, 0.3) is 10.9 Å². The standard InChI is InChI=1S/C31H34N2O3S/c1-21(2)33-28(17-25-7-5-4-6-22(25)3)18-27-16-26(12-15-30(27)33)31(34)32-19-23-10-13-29(14-11-23)37(35,36)20-24-8-9-24/h4-7,10-16,18,21,24H,8-9,17,19-20H2,1-3H3,(H-,32,34,35,36)/p+1. The van der Waals surface area contributed by atoms with Crippen molar-refractivity contribution in [3.8, 4) is 0 Å². The third-order valence-corrected chi connectivity index (χ3v) is 9.17. The minimum atomic E-state index is -2.98. The Kier molecular flexibility index (Phi) is 7.06. The Morgan fingerprint density at radius 1 is 1.05 bits per heavy atom. The molecule has 1 heterocycles. The molecule has 1 amide bonds. The quantitative estimate of drug-likeness (QED) is 0.241. The maximum Gasteiger partial charge on any atom is 0.251 e. The number of nitrogens with one attached hydrogen (secondary N) is 1. The van der Waals surface area contributed by atoms with Gasteiger partial charge in [-0.3, -0.25) is 4.79 Å². The van der Waals surface area contributed by atoms with Gasteiger partial charge in [-0.15, -0.1) is 0 Å². The molecule has 1 saturated carbocycles. The van der Waals surface area contributed by atoms with Gasteiger partial charge in [-0.2, -0.15) is 4.55 Å². The van der Waals surface area contributed by atoms with Crippen LogP contribution in [0.5, 0.6) is 0 Å². The summed E-state index contributed by atoms with van der Waals surface area (Å²) in [5.41, 5.74) is 6.46. The molecule has 2 N–H and O–H groups in total. The molecule has 1 fully saturated rings. The van der Waals surface area contributed by atoms with Crippen LogP contribution >= 0.6 is 0 Å². The summed E-state index contributed by atoms with van der Waals surface area (Å²) >= 11 is 0. The van der Waals surface area contributed by atoms with Crippen LogP contribution in [0.2, 0.25) is 0 Å². The fraction of sp³-hybridized carbons (Fsp3) is 0.323. The highest BCUT2D eigenvalue weighted by Gasteiger charge is 2.38. The van der Waals surface area contributed by atoms with E-state index in [1.807, 2.05) is 30.3 Å². The number of fused-ring (bicyclic) bond motifs is 1. The van der Waals surface area contributed by atoms with E-state index in [0.717, 1.165) is 35.7 Å². The van der Waals surface area contributed by atoms with Crippen molar-refractivity contribution in [1.29, 1.82) is 0 Å². The highest BCUT2D eigenvalue weighted by molar-refractivity contribution is 7.97. The van der Waals surface area contributed by atoms with Crippen LogP contribution in [0.3, 0.4) is 0 Å². The van der Waals surface area contributed by atoms with Crippen LogP contribution in [-0.2, 0) is 27.4 Å². The molecule has 192 valence electrons. The van der Waals surface area contributed by atoms with Crippen molar-refractivity contribution in [2.24, 2.45) is 5.92 Å². The first-order valence-corrected chi connectivity index (χ1v) is 14.7. The second-order valence-electron chi connectivity index (χ2n) is 10.6. The highest BCUT2D eigenvalue weighted by atomic mass is 32.3. The van der Waals surface area contributed by atoms with E-state index in [1.54, 1.807) is 12.1 Å². The molecule has 1 aliphatic rings. The number of aromatic nitrogens is 1. The Balaban J connectivity index is 1.30. The van der Waals surface area contributed by atoms with E-state index in [9.17, 15) is 13.6 Å². The summed E-state index contributed by atoms with van der Waals surface area (Å²) in [6.07, 6.45) is 2.94. The molecule has 37 heavy (non-hydrogen) atoms. The first-order valence-electron chi connectivity index (χ1n) is 13.0. The second-order valence-corrected chi connectivity index (χ2v) is 12.6. The van der Waals surface area contributed by atoms with E-state index in [-0.39, 0.29) is 5.91 Å². The Morgan fingerprint density at radius 2 is 1.78 bits per heavy atom. The van der Waals surface area contributed by atoms with Gasteiger partial charge in [0.15, 0.2) is 10.6 Å². The van der Waals surface area contributed by atoms with Crippen LogP contribution in [0.1, 0.15) is 65.5 Å². The van der Waals surface area contributed by atoms with Crippen molar-refractivity contribution in [3.05, 3.63) is 101 Å². The molecule has 4 aromatic rings. The molecule has 5 rings (SSSR count). The van der Waals surface area contributed by atoms with Gasteiger partial charge in [0.25, 0.3) is 5.91 Å². The lowest BCUT2D eigenvalue weighted by atomic mass is 10.0. The Hall–Kier alpha value is -3.22. The lowest BCUT2D eigenvalue weighted by Gasteiger charge is -2.16. The smallest absolute Gasteiger partial charge is 0.251 e. The third kappa shape index (κ3) is 5.71. The zero-order valence-corrected chi connectivity index (χ0v) is 22.6. The number of rotatable bonds is 9. The number of hydrogen-bond acceptors (Lipinski definition) is 2. The maximum atomic E-state index is 13.0. The summed E-state index contributed by atoms with van der Waals surface area (Å²) in [5.74, 6) is 0.588. The molecule has 0 spiro atoms. The fourth-order valence-corrected chi connectivity index (χ4v) is 6.71. The van der Waals surface area contributed by atoms with Gasteiger partial charge >= 0.3 is 0 Å². The molecule has 0 saturated heterocycles. The number of amides is 1. The monoisotopic (exact) mass is 515 g/mol. The average molecular weight is 516 g/mol. The first kappa shape index (κ1) is 25.4. The van der Waals surface area contributed by atoms with Gasteiger partial charge in [0.2, 0.25) is 10.2 Å². The number of nitrogens with zero attached hydrogens (tertiary/aromatic N) is 1. The molecule has 3 aromatic carbocycles. The topological polar surface area (TPSA) is 71.3 Å².